The summed E-state index contributed by atoms with van der Waals surface area (Å²) in [5, 5.41) is 9.39. The standard InChI is InChI=1S/C15H21NO2/c1-11-8-16(9-12(11)2)10-14(15(17)18)13-6-4-3-5-7-13/h3-7,11-12,14H,8-10H2,1-2H3,(H,17,18). The van der Waals surface area contributed by atoms with Crippen LogP contribution in [0.2, 0.25) is 0 Å². The highest BCUT2D eigenvalue weighted by Crippen LogP contribution is 2.25. The molecule has 0 aromatic heterocycles. The van der Waals surface area contributed by atoms with E-state index in [1.165, 1.54) is 0 Å². The number of carboxylic acid groups (broad SMARTS) is 1. The lowest BCUT2D eigenvalue weighted by molar-refractivity contribution is -0.139. The van der Waals surface area contributed by atoms with Crippen LogP contribution in [0.1, 0.15) is 25.3 Å². The van der Waals surface area contributed by atoms with Crippen LogP contribution in [-0.4, -0.2) is 35.6 Å². The van der Waals surface area contributed by atoms with Crippen molar-refractivity contribution in [2.75, 3.05) is 19.6 Å². The molecule has 1 N–H and O–H groups in total. The molecule has 0 saturated carbocycles. The van der Waals surface area contributed by atoms with E-state index in [-0.39, 0.29) is 0 Å². The SMILES string of the molecule is CC1CN(CC(C(=O)O)c2ccccc2)CC1C. The number of hydrogen-bond acceptors (Lipinski definition) is 2. The molecule has 0 radical (unpaired) electrons. The summed E-state index contributed by atoms with van der Waals surface area (Å²) in [4.78, 5) is 13.7. The zero-order valence-corrected chi connectivity index (χ0v) is 11.0. The third-order valence-electron chi connectivity index (χ3n) is 4.00. The van der Waals surface area contributed by atoms with Crippen molar-refractivity contribution in [3.8, 4) is 0 Å². The van der Waals surface area contributed by atoms with Crippen LogP contribution >= 0.6 is 0 Å². The zero-order valence-electron chi connectivity index (χ0n) is 11.0. The maximum Gasteiger partial charge on any atom is 0.312 e. The highest BCUT2D eigenvalue weighted by Gasteiger charge is 2.30. The van der Waals surface area contributed by atoms with E-state index in [1.54, 1.807) is 0 Å². The molecule has 3 nitrogen and oxygen atoms in total. The van der Waals surface area contributed by atoms with Crippen molar-refractivity contribution in [1.82, 2.24) is 4.90 Å². The molecule has 98 valence electrons. The van der Waals surface area contributed by atoms with Gasteiger partial charge in [-0.1, -0.05) is 44.2 Å². The lowest BCUT2D eigenvalue weighted by Crippen LogP contribution is -2.30. The summed E-state index contributed by atoms with van der Waals surface area (Å²) in [6, 6.07) is 9.53. The van der Waals surface area contributed by atoms with Gasteiger partial charge < -0.3 is 10.0 Å². The minimum absolute atomic E-state index is 0.413. The lowest BCUT2D eigenvalue weighted by Gasteiger charge is -2.21. The van der Waals surface area contributed by atoms with Gasteiger partial charge in [-0.25, -0.2) is 0 Å². The molecular formula is C15H21NO2. The van der Waals surface area contributed by atoms with Crippen LogP contribution in [0.15, 0.2) is 30.3 Å². The van der Waals surface area contributed by atoms with Crippen molar-refractivity contribution < 1.29 is 9.90 Å². The van der Waals surface area contributed by atoms with Crippen molar-refractivity contribution >= 4 is 5.97 Å². The van der Waals surface area contributed by atoms with Crippen LogP contribution in [0, 0.1) is 11.8 Å². The first-order chi connectivity index (χ1) is 8.58. The molecule has 1 aliphatic rings. The minimum atomic E-state index is -0.728. The lowest BCUT2D eigenvalue weighted by atomic mass is 9.99. The van der Waals surface area contributed by atoms with Gasteiger partial charge in [0.1, 0.15) is 0 Å². The maximum atomic E-state index is 11.4. The average molecular weight is 247 g/mol. The summed E-state index contributed by atoms with van der Waals surface area (Å²) in [6.07, 6.45) is 0. The van der Waals surface area contributed by atoms with Crippen LogP contribution in [0.4, 0.5) is 0 Å². The molecule has 2 rings (SSSR count). The van der Waals surface area contributed by atoms with Gasteiger partial charge in [-0.2, -0.15) is 0 Å². The van der Waals surface area contributed by atoms with E-state index in [0.29, 0.717) is 18.4 Å². The quantitative estimate of drug-likeness (QED) is 0.888. The Hall–Kier alpha value is -1.35. The summed E-state index contributed by atoms with van der Waals surface area (Å²) in [7, 11) is 0. The van der Waals surface area contributed by atoms with E-state index in [2.05, 4.69) is 18.7 Å². The largest absolute Gasteiger partial charge is 0.481 e. The number of nitrogens with zero attached hydrogens (tertiary/aromatic N) is 1. The number of aliphatic carboxylic acids is 1. The summed E-state index contributed by atoms with van der Waals surface area (Å²) in [5.41, 5.74) is 0.900. The summed E-state index contributed by atoms with van der Waals surface area (Å²) in [5.74, 6) is 0.183. The second kappa shape index (κ2) is 5.53. The van der Waals surface area contributed by atoms with Gasteiger partial charge in [0.25, 0.3) is 0 Å². The molecule has 0 aliphatic carbocycles. The van der Waals surface area contributed by atoms with Crippen LogP contribution < -0.4 is 0 Å². The first-order valence-electron chi connectivity index (χ1n) is 6.58. The van der Waals surface area contributed by atoms with Crippen molar-refractivity contribution in [3.63, 3.8) is 0 Å². The second-order valence-electron chi connectivity index (χ2n) is 5.47. The van der Waals surface area contributed by atoms with Crippen molar-refractivity contribution in [3.05, 3.63) is 35.9 Å². The Kier molecular flexibility index (Phi) is 4.02. The second-order valence-corrected chi connectivity index (χ2v) is 5.47. The molecule has 1 aromatic rings. The van der Waals surface area contributed by atoms with Crippen molar-refractivity contribution in [1.29, 1.82) is 0 Å². The summed E-state index contributed by atoms with van der Waals surface area (Å²) < 4.78 is 0. The van der Waals surface area contributed by atoms with Crippen LogP contribution in [0.25, 0.3) is 0 Å². The third-order valence-corrected chi connectivity index (χ3v) is 4.00. The molecule has 0 bridgehead atoms. The van der Waals surface area contributed by atoms with Gasteiger partial charge >= 0.3 is 5.97 Å². The van der Waals surface area contributed by atoms with Crippen molar-refractivity contribution in [2.45, 2.75) is 19.8 Å². The number of likely N-dealkylation sites (tertiary alicyclic amines) is 1. The van der Waals surface area contributed by atoms with Gasteiger partial charge in [0.05, 0.1) is 5.92 Å². The van der Waals surface area contributed by atoms with Crippen LogP contribution in [0.3, 0.4) is 0 Å². The highest BCUT2D eigenvalue weighted by atomic mass is 16.4. The first-order valence-corrected chi connectivity index (χ1v) is 6.58. The fourth-order valence-electron chi connectivity index (χ4n) is 2.67. The van der Waals surface area contributed by atoms with E-state index in [4.69, 9.17) is 0 Å². The topological polar surface area (TPSA) is 40.5 Å². The zero-order chi connectivity index (χ0) is 13.1. The monoisotopic (exact) mass is 247 g/mol. The molecule has 0 amide bonds. The minimum Gasteiger partial charge on any atom is -0.481 e. The molecule has 1 aromatic carbocycles. The Bertz CT molecular complexity index is 394. The van der Waals surface area contributed by atoms with Gasteiger partial charge in [0, 0.05) is 19.6 Å². The number of carbonyl (C=O) groups is 1. The Morgan fingerprint density at radius 2 is 1.83 bits per heavy atom. The fraction of sp³-hybridized carbons (Fsp3) is 0.533. The van der Waals surface area contributed by atoms with Gasteiger partial charge in [-0.15, -0.1) is 0 Å². The molecule has 1 fully saturated rings. The van der Waals surface area contributed by atoms with Crippen LogP contribution in [0.5, 0.6) is 0 Å². The van der Waals surface area contributed by atoms with Crippen molar-refractivity contribution in [2.24, 2.45) is 11.8 Å². The van der Waals surface area contributed by atoms with E-state index in [1.807, 2.05) is 30.3 Å². The molecule has 3 atom stereocenters. The average Bonchev–Trinajstić information content (AvgIpc) is 2.66. The Morgan fingerprint density at radius 1 is 1.28 bits per heavy atom. The Morgan fingerprint density at radius 3 is 2.33 bits per heavy atom. The molecule has 18 heavy (non-hydrogen) atoms. The maximum absolute atomic E-state index is 11.4. The van der Waals surface area contributed by atoms with E-state index in [0.717, 1.165) is 18.7 Å². The van der Waals surface area contributed by atoms with Gasteiger partial charge in [-0.3, -0.25) is 4.79 Å². The van der Waals surface area contributed by atoms with Crippen LogP contribution in [-0.2, 0) is 4.79 Å². The predicted molar refractivity (Wildman–Crippen MR) is 71.6 cm³/mol. The first kappa shape index (κ1) is 13.1. The number of hydrogen-bond donors (Lipinski definition) is 1. The molecule has 1 saturated heterocycles. The van der Waals surface area contributed by atoms with Gasteiger partial charge in [0.15, 0.2) is 0 Å². The highest BCUT2D eigenvalue weighted by molar-refractivity contribution is 5.76. The van der Waals surface area contributed by atoms with Gasteiger partial charge in [-0.05, 0) is 17.4 Å². The normalized spacial score (nSPS) is 26.1. The smallest absolute Gasteiger partial charge is 0.312 e. The summed E-state index contributed by atoms with van der Waals surface area (Å²) >= 11 is 0. The van der Waals surface area contributed by atoms with Gasteiger partial charge in [0.2, 0.25) is 0 Å². The fourth-order valence-corrected chi connectivity index (χ4v) is 2.67. The Labute approximate surface area is 108 Å². The third kappa shape index (κ3) is 2.91. The molecular weight excluding hydrogens is 226 g/mol. The number of rotatable bonds is 4. The summed E-state index contributed by atoms with van der Waals surface area (Å²) in [6.45, 7) is 7.12. The predicted octanol–water partition coefficient (Wildman–Crippen LogP) is 2.44. The number of carboxylic acids is 1. The molecule has 0 spiro atoms. The van der Waals surface area contributed by atoms with E-state index >= 15 is 0 Å². The molecule has 3 heteroatoms. The van der Waals surface area contributed by atoms with E-state index in [9.17, 15) is 9.90 Å². The molecule has 3 unspecified atom stereocenters. The number of benzene rings is 1. The Balaban J connectivity index is 2.07. The molecule has 1 heterocycles. The molecule has 1 aliphatic heterocycles. The van der Waals surface area contributed by atoms with E-state index < -0.39 is 11.9 Å².